The third-order valence-corrected chi connectivity index (χ3v) is 7.85. The van der Waals surface area contributed by atoms with Crippen LogP contribution in [0.15, 0.2) is 72.8 Å². The van der Waals surface area contributed by atoms with Crippen molar-refractivity contribution in [3.8, 4) is 11.5 Å². The summed E-state index contributed by atoms with van der Waals surface area (Å²) in [5.74, 6) is 4.25. The number of ether oxygens (including phenoxy) is 2. The van der Waals surface area contributed by atoms with E-state index in [0.29, 0.717) is 17.8 Å². The van der Waals surface area contributed by atoms with E-state index in [1.54, 1.807) is 0 Å². The van der Waals surface area contributed by atoms with Crippen LogP contribution in [0.2, 0.25) is 5.02 Å². The summed E-state index contributed by atoms with van der Waals surface area (Å²) >= 11 is 10.1. The number of halogens is 1. The lowest BCUT2D eigenvalue weighted by Crippen LogP contribution is -2.00. The van der Waals surface area contributed by atoms with Crippen LogP contribution >= 0.6 is 35.1 Å². The maximum Gasteiger partial charge on any atom is 0.119 e. The summed E-state index contributed by atoms with van der Waals surface area (Å²) in [7, 11) is 0. The molecule has 0 saturated carbocycles. The topological polar surface area (TPSA) is 18.5 Å². The van der Waals surface area contributed by atoms with Crippen LogP contribution in [0.5, 0.6) is 11.5 Å². The van der Waals surface area contributed by atoms with E-state index in [4.69, 9.17) is 21.1 Å². The van der Waals surface area contributed by atoms with Gasteiger partial charge in [-0.2, -0.15) is 0 Å². The Morgan fingerprint density at radius 1 is 0.759 bits per heavy atom. The molecule has 5 heteroatoms. The molecule has 0 radical (unpaired) electrons. The van der Waals surface area contributed by atoms with Crippen molar-refractivity contribution < 1.29 is 9.47 Å². The molecule has 1 fully saturated rings. The van der Waals surface area contributed by atoms with Gasteiger partial charge < -0.3 is 9.47 Å². The van der Waals surface area contributed by atoms with E-state index in [1.165, 1.54) is 23.5 Å². The first-order valence-corrected chi connectivity index (χ1v) is 12.2. The second-order valence-electron chi connectivity index (χ2n) is 6.85. The molecule has 0 unspecified atom stereocenters. The highest BCUT2D eigenvalue weighted by atomic mass is 35.5. The Hall–Kier alpha value is -1.75. The molecule has 3 aromatic carbocycles. The van der Waals surface area contributed by atoms with Gasteiger partial charge in [-0.15, -0.1) is 23.5 Å². The van der Waals surface area contributed by atoms with E-state index >= 15 is 0 Å². The highest BCUT2D eigenvalue weighted by Gasteiger charge is 2.16. The van der Waals surface area contributed by atoms with Crippen molar-refractivity contribution in [1.29, 1.82) is 0 Å². The fourth-order valence-electron chi connectivity index (χ4n) is 3.04. The number of benzene rings is 3. The third kappa shape index (κ3) is 6.11. The van der Waals surface area contributed by atoms with Crippen LogP contribution in [-0.4, -0.2) is 11.5 Å². The van der Waals surface area contributed by atoms with Crippen LogP contribution < -0.4 is 9.47 Å². The Morgan fingerprint density at radius 2 is 1.38 bits per heavy atom. The number of hydrogen-bond acceptors (Lipinski definition) is 4. The summed E-state index contributed by atoms with van der Waals surface area (Å²) in [5.41, 5.74) is 3.55. The Bertz CT molecular complexity index is 907. The van der Waals surface area contributed by atoms with Gasteiger partial charge in [0.05, 0.1) is 4.58 Å². The van der Waals surface area contributed by atoms with Crippen molar-refractivity contribution >= 4 is 35.1 Å². The maximum atomic E-state index is 6.01. The molecule has 1 saturated heterocycles. The smallest absolute Gasteiger partial charge is 0.119 e. The zero-order valence-corrected chi connectivity index (χ0v) is 18.4. The summed E-state index contributed by atoms with van der Waals surface area (Å²) in [5, 5.41) is 0.725. The lowest BCUT2D eigenvalue weighted by atomic mass is 10.2. The van der Waals surface area contributed by atoms with Gasteiger partial charge in [0.25, 0.3) is 0 Å². The average molecular weight is 443 g/mol. The SMILES string of the molecule is Clc1cccc(COc2ccc(COc3ccc(C4SCCCS4)cc3)cc2)c1. The van der Waals surface area contributed by atoms with Gasteiger partial charge in [-0.3, -0.25) is 0 Å². The second-order valence-corrected chi connectivity index (χ2v) is 10.0. The molecule has 0 aromatic heterocycles. The molecule has 0 amide bonds. The van der Waals surface area contributed by atoms with Gasteiger partial charge in [-0.1, -0.05) is 48.0 Å². The predicted octanol–water partition coefficient (Wildman–Crippen LogP) is 7.37. The monoisotopic (exact) mass is 442 g/mol. The number of thioether (sulfide) groups is 2. The normalized spacial score (nSPS) is 14.5. The molecule has 150 valence electrons. The summed E-state index contributed by atoms with van der Waals surface area (Å²) in [6, 6.07) is 24.3. The van der Waals surface area contributed by atoms with Gasteiger partial charge in [0, 0.05) is 5.02 Å². The quantitative estimate of drug-likeness (QED) is 0.380. The molecule has 1 heterocycles. The lowest BCUT2D eigenvalue weighted by molar-refractivity contribution is 0.301. The highest BCUT2D eigenvalue weighted by molar-refractivity contribution is 8.16. The van der Waals surface area contributed by atoms with E-state index in [1.807, 2.05) is 72.1 Å². The minimum Gasteiger partial charge on any atom is -0.489 e. The van der Waals surface area contributed by atoms with Crippen molar-refractivity contribution in [1.82, 2.24) is 0 Å². The van der Waals surface area contributed by atoms with Gasteiger partial charge >= 0.3 is 0 Å². The van der Waals surface area contributed by atoms with Gasteiger partial charge in [-0.05, 0) is 71.0 Å². The summed E-state index contributed by atoms with van der Waals surface area (Å²) in [4.78, 5) is 0. The molecule has 29 heavy (non-hydrogen) atoms. The summed E-state index contributed by atoms with van der Waals surface area (Å²) in [6.45, 7) is 1.04. The molecule has 0 atom stereocenters. The van der Waals surface area contributed by atoms with Crippen LogP contribution in [0, 0.1) is 0 Å². The molecular formula is C24H23ClO2S2. The summed E-state index contributed by atoms with van der Waals surface area (Å²) < 4.78 is 12.3. The van der Waals surface area contributed by atoms with Gasteiger partial charge in [0.1, 0.15) is 24.7 Å². The second kappa shape index (κ2) is 10.3. The highest BCUT2D eigenvalue weighted by Crippen LogP contribution is 2.43. The van der Waals surface area contributed by atoms with E-state index in [2.05, 4.69) is 24.3 Å². The van der Waals surface area contributed by atoms with Crippen LogP contribution in [0.25, 0.3) is 0 Å². The minimum atomic E-state index is 0.500. The van der Waals surface area contributed by atoms with Crippen molar-refractivity contribution in [3.63, 3.8) is 0 Å². The lowest BCUT2D eigenvalue weighted by Gasteiger charge is -2.21. The van der Waals surface area contributed by atoms with E-state index < -0.39 is 0 Å². The zero-order chi connectivity index (χ0) is 19.9. The number of rotatable bonds is 7. The van der Waals surface area contributed by atoms with Crippen molar-refractivity contribution in [2.24, 2.45) is 0 Å². The number of hydrogen-bond donors (Lipinski definition) is 0. The minimum absolute atomic E-state index is 0.500. The van der Waals surface area contributed by atoms with Gasteiger partial charge in [0.15, 0.2) is 0 Å². The first-order chi connectivity index (χ1) is 14.3. The third-order valence-electron chi connectivity index (χ3n) is 4.60. The molecule has 1 aliphatic heterocycles. The van der Waals surface area contributed by atoms with Gasteiger partial charge in [-0.25, -0.2) is 0 Å². The molecule has 1 aliphatic rings. The summed E-state index contributed by atoms with van der Waals surface area (Å²) in [6.07, 6.45) is 1.32. The van der Waals surface area contributed by atoms with Crippen molar-refractivity contribution in [2.45, 2.75) is 24.2 Å². The molecule has 4 rings (SSSR count). The Balaban J connectivity index is 1.26. The molecule has 3 aromatic rings. The van der Waals surface area contributed by atoms with Crippen molar-refractivity contribution in [2.75, 3.05) is 11.5 Å². The van der Waals surface area contributed by atoms with Gasteiger partial charge in [0.2, 0.25) is 0 Å². The fraction of sp³-hybridized carbons (Fsp3) is 0.250. The van der Waals surface area contributed by atoms with Crippen LogP contribution in [0.3, 0.4) is 0 Å². The van der Waals surface area contributed by atoms with E-state index in [0.717, 1.165) is 27.6 Å². The molecule has 0 N–H and O–H groups in total. The maximum absolute atomic E-state index is 6.01. The molecule has 0 spiro atoms. The Morgan fingerprint density at radius 3 is 2.03 bits per heavy atom. The standard InChI is InChI=1S/C24H23ClO2S2/c25-21-4-1-3-19(15-21)17-27-22-9-5-18(6-10-22)16-26-23-11-7-20(8-12-23)24-28-13-2-14-29-24/h1,3-12,15,24H,2,13-14,16-17H2. The molecule has 2 nitrogen and oxygen atoms in total. The van der Waals surface area contributed by atoms with Crippen LogP contribution in [0.1, 0.15) is 27.7 Å². The van der Waals surface area contributed by atoms with Crippen LogP contribution in [-0.2, 0) is 13.2 Å². The predicted molar refractivity (Wildman–Crippen MR) is 125 cm³/mol. The van der Waals surface area contributed by atoms with Crippen molar-refractivity contribution in [3.05, 3.63) is 94.5 Å². The molecule has 0 bridgehead atoms. The van der Waals surface area contributed by atoms with Crippen LogP contribution in [0.4, 0.5) is 0 Å². The Kier molecular flexibility index (Phi) is 7.31. The van der Waals surface area contributed by atoms with E-state index in [-0.39, 0.29) is 0 Å². The Labute approximate surface area is 186 Å². The van der Waals surface area contributed by atoms with E-state index in [9.17, 15) is 0 Å². The first kappa shape index (κ1) is 20.5. The largest absolute Gasteiger partial charge is 0.489 e. The first-order valence-electron chi connectivity index (χ1n) is 9.68. The zero-order valence-electron chi connectivity index (χ0n) is 16.1. The average Bonchev–Trinajstić information content (AvgIpc) is 2.78. The molecular weight excluding hydrogens is 420 g/mol. The molecule has 0 aliphatic carbocycles. The fourth-order valence-corrected chi connectivity index (χ4v) is 6.15.